The predicted molar refractivity (Wildman–Crippen MR) is 99.9 cm³/mol. The molecule has 0 fully saturated rings. The number of halogens is 1. The third-order valence-electron chi connectivity index (χ3n) is 3.37. The van der Waals surface area contributed by atoms with Gasteiger partial charge in [-0.25, -0.2) is 4.39 Å². The van der Waals surface area contributed by atoms with Crippen LogP contribution >= 0.6 is 11.8 Å². The second-order valence-corrected chi connectivity index (χ2v) is 6.53. The van der Waals surface area contributed by atoms with Gasteiger partial charge < -0.3 is 14.8 Å². The molecule has 0 aliphatic heterocycles. The van der Waals surface area contributed by atoms with Gasteiger partial charge in [-0.1, -0.05) is 18.2 Å². The van der Waals surface area contributed by atoms with Crippen molar-refractivity contribution in [2.24, 2.45) is 0 Å². The molecule has 0 spiro atoms. The first-order chi connectivity index (χ1) is 12.5. The number of anilines is 1. The summed E-state index contributed by atoms with van der Waals surface area (Å²) in [6, 6.07) is 11.8. The van der Waals surface area contributed by atoms with Gasteiger partial charge in [0.1, 0.15) is 6.61 Å². The molecule has 1 N–H and O–H groups in total. The number of nitrogens with one attached hydrogen (secondary N) is 1. The number of ether oxygens (including phenoxy) is 2. The second kappa shape index (κ2) is 9.82. The molecule has 0 aromatic heterocycles. The standard InChI is InChI=1S/C19H20FNO4S/c1-13-4-3-5-15(8-13)21-18(22)11-26-12-19(23)25-10-14-6-7-17(24-2)16(20)9-14/h3-9H,10-12H2,1-2H3,(H,21,22). The fourth-order valence-corrected chi connectivity index (χ4v) is 2.76. The summed E-state index contributed by atoms with van der Waals surface area (Å²) < 4.78 is 23.5. The van der Waals surface area contributed by atoms with Gasteiger partial charge in [0.2, 0.25) is 5.91 Å². The Balaban J connectivity index is 1.68. The summed E-state index contributed by atoms with van der Waals surface area (Å²) in [6.07, 6.45) is 0. The van der Waals surface area contributed by atoms with Crippen LogP contribution in [-0.4, -0.2) is 30.5 Å². The number of rotatable bonds is 8. The number of hydrogen-bond donors (Lipinski definition) is 1. The SMILES string of the molecule is COc1ccc(COC(=O)CSCC(=O)Nc2cccc(C)c2)cc1F. The molecule has 138 valence electrons. The largest absolute Gasteiger partial charge is 0.494 e. The summed E-state index contributed by atoms with van der Waals surface area (Å²) >= 11 is 1.16. The first kappa shape index (κ1) is 19.8. The molecule has 0 bridgehead atoms. The lowest BCUT2D eigenvalue weighted by Gasteiger charge is -2.08. The van der Waals surface area contributed by atoms with E-state index in [1.807, 2.05) is 25.1 Å². The molecule has 5 nitrogen and oxygen atoms in total. The first-order valence-corrected chi connectivity index (χ1v) is 9.05. The van der Waals surface area contributed by atoms with Crippen LogP contribution in [0.2, 0.25) is 0 Å². The lowest BCUT2D eigenvalue weighted by Crippen LogP contribution is -2.16. The van der Waals surface area contributed by atoms with Crippen molar-refractivity contribution in [3.05, 3.63) is 59.4 Å². The summed E-state index contributed by atoms with van der Waals surface area (Å²) in [5.74, 6) is -0.848. The van der Waals surface area contributed by atoms with Crippen molar-refractivity contribution in [2.75, 3.05) is 23.9 Å². The van der Waals surface area contributed by atoms with Gasteiger partial charge in [-0.15, -0.1) is 11.8 Å². The van der Waals surface area contributed by atoms with E-state index in [0.717, 1.165) is 23.0 Å². The van der Waals surface area contributed by atoms with Crippen molar-refractivity contribution in [3.8, 4) is 5.75 Å². The number of amides is 1. The number of carbonyl (C=O) groups is 2. The van der Waals surface area contributed by atoms with Crippen molar-refractivity contribution in [1.82, 2.24) is 0 Å². The molecule has 26 heavy (non-hydrogen) atoms. The van der Waals surface area contributed by atoms with E-state index in [2.05, 4.69) is 5.32 Å². The fourth-order valence-electron chi connectivity index (χ4n) is 2.15. The minimum atomic E-state index is -0.511. The van der Waals surface area contributed by atoms with E-state index in [1.165, 1.54) is 19.2 Å². The predicted octanol–water partition coefficient (Wildman–Crippen LogP) is 3.56. The Morgan fingerprint density at radius 3 is 2.65 bits per heavy atom. The van der Waals surface area contributed by atoms with E-state index in [4.69, 9.17) is 9.47 Å². The Morgan fingerprint density at radius 2 is 1.96 bits per heavy atom. The number of thioether (sulfide) groups is 1. The van der Waals surface area contributed by atoms with Gasteiger partial charge in [0, 0.05) is 5.69 Å². The van der Waals surface area contributed by atoms with Crippen molar-refractivity contribution < 1.29 is 23.5 Å². The molecule has 7 heteroatoms. The van der Waals surface area contributed by atoms with Crippen LogP contribution in [0.25, 0.3) is 0 Å². The molecule has 0 radical (unpaired) electrons. The van der Waals surface area contributed by atoms with Crippen LogP contribution in [0, 0.1) is 12.7 Å². The molecule has 2 aromatic rings. The Morgan fingerprint density at radius 1 is 1.15 bits per heavy atom. The van der Waals surface area contributed by atoms with Crippen LogP contribution in [0.15, 0.2) is 42.5 Å². The maximum Gasteiger partial charge on any atom is 0.316 e. The van der Waals surface area contributed by atoms with Crippen molar-refractivity contribution in [1.29, 1.82) is 0 Å². The highest BCUT2D eigenvalue weighted by molar-refractivity contribution is 8.00. The number of benzene rings is 2. The Bertz CT molecular complexity index is 782. The maximum atomic E-state index is 13.6. The van der Waals surface area contributed by atoms with Crippen LogP contribution in [0.1, 0.15) is 11.1 Å². The number of methoxy groups -OCH3 is 1. The minimum absolute atomic E-state index is 0.0319. The molecule has 0 heterocycles. The number of hydrogen-bond acceptors (Lipinski definition) is 5. The quantitative estimate of drug-likeness (QED) is 0.713. The van der Waals surface area contributed by atoms with E-state index >= 15 is 0 Å². The number of aryl methyl sites for hydroxylation is 1. The highest BCUT2D eigenvalue weighted by atomic mass is 32.2. The summed E-state index contributed by atoms with van der Waals surface area (Å²) in [4.78, 5) is 23.6. The monoisotopic (exact) mass is 377 g/mol. The highest BCUT2D eigenvalue weighted by Crippen LogP contribution is 2.18. The summed E-state index contributed by atoms with van der Waals surface area (Å²) in [6.45, 7) is 1.91. The van der Waals surface area contributed by atoms with E-state index in [1.54, 1.807) is 12.1 Å². The van der Waals surface area contributed by atoms with Crippen LogP contribution in [0.3, 0.4) is 0 Å². The number of esters is 1. The first-order valence-electron chi connectivity index (χ1n) is 7.90. The molecule has 2 aromatic carbocycles. The van der Waals surface area contributed by atoms with E-state index in [-0.39, 0.29) is 29.8 Å². The zero-order valence-electron chi connectivity index (χ0n) is 14.6. The topological polar surface area (TPSA) is 64.6 Å². The average molecular weight is 377 g/mol. The van der Waals surface area contributed by atoms with Gasteiger partial charge in [0.25, 0.3) is 0 Å². The fraction of sp³-hybridized carbons (Fsp3) is 0.263. The molecule has 0 saturated heterocycles. The third-order valence-corrected chi connectivity index (χ3v) is 4.28. The van der Waals surface area contributed by atoms with Gasteiger partial charge in [0.15, 0.2) is 11.6 Å². The summed E-state index contributed by atoms with van der Waals surface area (Å²) in [5, 5.41) is 2.77. The van der Waals surface area contributed by atoms with Crippen molar-refractivity contribution in [2.45, 2.75) is 13.5 Å². The van der Waals surface area contributed by atoms with Crippen LogP contribution in [-0.2, 0) is 20.9 Å². The van der Waals surface area contributed by atoms with Gasteiger partial charge in [-0.05, 0) is 42.3 Å². The van der Waals surface area contributed by atoms with E-state index in [9.17, 15) is 14.0 Å². The van der Waals surface area contributed by atoms with E-state index < -0.39 is 11.8 Å². The molecule has 0 unspecified atom stereocenters. The van der Waals surface area contributed by atoms with Crippen molar-refractivity contribution in [3.63, 3.8) is 0 Å². The maximum absolute atomic E-state index is 13.6. The highest BCUT2D eigenvalue weighted by Gasteiger charge is 2.09. The zero-order valence-corrected chi connectivity index (χ0v) is 15.4. The van der Waals surface area contributed by atoms with Gasteiger partial charge in [0.05, 0.1) is 18.6 Å². The molecule has 0 atom stereocenters. The van der Waals surface area contributed by atoms with Crippen LogP contribution in [0.5, 0.6) is 5.75 Å². The lowest BCUT2D eigenvalue weighted by atomic mass is 10.2. The number of carbonyl (C=O) groups excluding carboxylic acids is 2. The van der Waals surface area contributed by atoms with Crippen LogP contribution in [0.4, 0.5) is 10.1 Å². The third kappa shape index (κ3) is 6.40. The van der Waals surface area contributed by atoms with Gasteiger partial charge >= 0.3 is 5.97 Å². The van der Waals surface area contributed by atoms with Gasteiger partial charge in [-0.3, -0.25) is 9.59 Å². The zero-order chi connectivity index (χ0) is 18.9. The second-order valence-electron chi connectivity index (χ2n) is 5.54. The normalized spacial score (nSPS) is 10.3. The summed E-state index contributed by atoms with van der Waals surface area (Å²) in [7, 11) is 1.38. The Kier molecular flexibility index (Phi) is 7.47. The molecule has 0 saturated carbocycles. The van der Waals surface area contributed by atoms with E-state index in [0.29, 0.717) is 5.56 Å². The van der Waals surface area contributed by atoms with Gasteiger partial charge in [-0.2, -0.15) is 0 Å². The molecular formula is C19H20FNO4S. The molecule has 2 rings (SSSR count). The Hall–Kier alpha value is -2.54. The molecule has 1 amide bonds. The average Bonchev–Trinajstić information content (AvgIpc) is 2.60. The molecular weight excluding hydrogens is 357 g/mol. The lowest BCUT2D eigenvalue weighted by molar-refractivity contribution is -0.141. The minimum Gasteiger partial charge on any atom is -0.494 e. The smallest absolute Gasteiger partial charge is 0.316 e. The Labute approximate surface area is 155 Å². The summed E-state index contributed by atoms with van der Waals surface area (Å²) in [5.41, 5.74) is 2.30. The molecule has 0 aliphatic rings. The molecule has 0 aliphatic carbocycles. The van der Waals surface area contributed by atoms with Crippen LogP contribution < -0.4 is 10.1 Å². The van der Waals surface area contributed by atoms with Crippen molar-refractivity contribution >= 4 is 29.3 Å².